The highest BCUT2D eigenvalue weighted by molar-refractivity contribution is 4.82. The van der Waals surface area contributed by atoms with E-state index in [1.54, 1.807) is 0 Å². The Labute approximate surface area is 54.0 Å². The van der Waals surface area contributed by atoms with Gasteiger partial charge in [0.25, 0.3) is 0 Å². The smallest absolute Gasteiger partial charge is 0.136 e. The maximum Gasteiger partial charge on any atom is 0.136 e. The van der Waals surface area contributed by atoms with E-state index in [0.29, 0.717) is 13.1 Å². The third-order valence-electron chi connectivity index (χ3n) is 1.27. The Morgan fingerprint density at radius 1 is 1.67 bits per heavy atom. The summed E-state index contributed by atoms with van der Waals surface area (Å²) in [6.07, 6.45) is 0.277. The summed E-state index contributed by atoms with van der Waals surface area (Å²) in [5, 5.41) is 11.3. The summed E-state index contributed by atoms with van der Waals surface area (Å²) >= 11 is 0. The van der Waals surface area contributed by atoms with Crippen molar-refractivity contribution in [2.45, 2.75) is 12.3 Å². The maximum absolute atomic E-state index is 8.35. The van der Waals surface area contributed by atoms with Crippen molar-refractivity contribution in [1.29, 1.82) is 0 Å². The Kier molecular flexibility index (Phi) is 2.41. The third kappa shape index (κ3) is 1.91. The molecular formula is C5H12N2O2. The molecule has 0 aliphatic carbocycles. The van der Waals surface area contributed by atoms with E-state index < -0.39 is 0 Å². The second-order valence-electron chi connectivity index (χ2n) is 2.01. The number of nitrogens with one attached hydrogen (secondary N) is 1. The molecule has 4 heteroatoms. The molecule has 0 saturated carbocycles. The molecule has 1 fully saturated rings. The van der Waals surface area contributed by atoms with Crippen LogP contribution in [0.2, 0.25) is 0 Å². The molecular weight excluding hydrogens is 120 g/mol. The standard InChI is InChI=1S/C5H12N2O2/c6-3-4-5(9-4)7-1-2-8/h4-5,7-8H,1-3,6H2. The molecule has 0 aromatic rings. The number of hydrogen-bond donors (Lipinski definition) is 3. The Morgan fingerprint density at radius 3 is 2.89 bits per heavy atom. The summed E-state index contributed by atoms with van der Waals surface area (Å²) in [6.45, 7) is 1.29. The van der Waals surface area contributed by atoms with Crippen molar-refractivity contribution in [3.63, 3.8) is 0 Å². The van der Waals surface area contributed by atoms with Gasteiger partial charge in [-0.2, -0.15) is 0 Å². The van der Waals surface area contributed by atoms with E-state index in [4.69, 9.17) is 15.6 Å². The predicted molar refractivity (Wildman–Crippen MR) is 32.8 cm³/mol. The van der Waals surface area contributed by atoms with Gasteiger partial charge < -0.3 is 15.6 Å². The van der Waals surface area contributed by atoms with E-state index in [9.17, 15) is 0 Å². The Balaban J connectivity index is 1.92. The second kappa shape index (κ2) is 3.12. The summed E-state index contributed by atoms with van der Waals surface area (Å²) in [6, 6.07) is 0. The first-order valence-corrected chi connectivity index (χ1v) is 3.08. The number of hydrogen-bond acceptors (Lipinski definition) is 4. The van der Waals surface area contributed by atoms with Crippen LogP contribution >= 0.6 is 0 Å². The second-order valence-corrected chi connectivity index (χ2v) is 2.01. The highest BCUT2D eigenvalue weighted by Gasteiger charge is 2.36. The first-order chi connectivity index (χ1) is 4.38. The molecule has 1 aliphatic heterocycles. The van der Waals surface area contributed by atoms with Crippen molar-refractivity contribution in [3.8, 4) is 0 Å². The van der Waals surface area contributed by atoms with Crippen LogP contribution in [-0.4, -0.2) is 37.1 Å². The Morgan fingerprint density at radius 2 is 2.44 bits per heavy atom. The van der Waals surface area contributed by atoms with Gasteiger partial charge in [0.15, 0.2) is 0 Å². The largest absolute Gasteiger partial charge is 0.395 e. The lowest BCUT2D eigenvalue weighted by atomic mass is 10.4. The minimum absolute atomic E-state index is 0.0992. The van der Waals surface area contributed by atoms with Crippen LogP contribution in [0.3, 0.4) is 0 Å². The van der Waals surface area contributed by atoms with Crippen molar-refractivity contribution in [1.82, 2.24) is 5.32 Å². The molecule has 4 N–H and O–H groups in total. The SMILES string of the molecule is NCC1OC1NCCO. The normalized spacial score (nSPS) is 32.7. The molecule has 0 aromatic heterocycles. The molecule has 4 nitrogen and oxygen atoms in total. The number of ether oxygens (including phenoxy) is 1. The highest BCUT2D eigenvalue weighted by Crippen LogP contribution is 2.16. The summed E-state index contributed by atoms with van der Waals surface area (Å²) in [5.74, 6) is 0. The van der Waals surface area contributed by atoms with Gasteiger partial charge in [-0.1, -0.05) is 0 Å². The van der Waals surface area contributed by atoms with E-state index in [1.807, 2.05) is 0 Å². The number of nitrogens with two attached hydrogens (primary N) is 1. The zero-order valence-electron chi connectivity index (χ0n) is 5.21. The van der Waals surface area contributed by atoms with E-state index >= 15 is 0 Å². The number of aliphatic hydroxyl groups is 1. The van der Waals surface area contributed by atoms with Crippen molar-refractivity contribution < 1.29 is 9.84 Å². The van der Waals surface area contributed by atoms with Crippen LogP contribution in [-0.2, 0) is 4.74 Å². The minimum atomic E-state index is 0.0992. The van der Waals surface area contributed by atoms with Crippen LogP contribution in [0.5, 0.6) is 0 Å². The lowest BCUT2D eigenvalue weighted by Crippen LogP contribution is -2.25. The van der Waals surface area contributed by atoms with Crippen LogP contribution < -0.4 is 11.1 Å². The number of aliphatic hydroxyl groups excluding tert-OH is 1. The fraction of sp³-hybridized carbons (Fsp3) is 1.00. The first-order valence-electron chi connectivity index (χ1n) is 3.08. The molecule has 1 heterocycles. The number of epoxide rings is 1. The summed E-state index contributed by atoms with van der Waals surface area (Å²) < 4.78 is 5.02. The average Bonchev–Trinajstić information content (AvgIpc) is 2.62. The average molecular weight is 132 g/mol. The molecule has 2 atom stereocenters. The predicted octanol–water partition coefficient (Wildman–Crippen LogP) is -1.75. The highest BCUT2D eigenvalue weighted by atomic mass is 16.6. The molecule has 9 heavy (non-hydrogen) atoms. The molecule has 0 spiro atoms. The first kappa shape index (κ1) is 6.95. The monoisotopic (exact) mass is 132 g/mol. The van der Waals surface area contributed by atoms with Crippen molar-refractivity contribution in [2.75, 3.05) is 19.7 Å². The molecule has 0 amide bonds. The number of rotatable bonds is 4. The van der Waals surface area contributed by atoms with Crippen LogP contribution in [0, 0.1) is 0 Å². The van der Waals surface area contributed by atoms with Gasteiger partial charge in [0.2, 0.25) is 0 Å². The molecule has 0 aromatic carbocycles. The molecule has 0 bridgehead atoms. The maximum atomic E-state index is 8.35. The molecule has 1 saturated heterocycles. The van der Waals surface area contributed by atoms with Crippen molar-refractivity contribution in [3.05, 3.63) is 0 Å². The quantitative estimate of drug-likeness (QED) is 0.397. The molecule has 1 aliphatic rings. The van der Waals surface area contributed by atoms with Crippen LogP contribution in [0.4, 0.5) is 0 Å². The van der Waals surface area contributed by atoms with Gasteiger partial charge in [0.1, 0.15) is 12.3 Å². The molecule has 0 radical (unpaired) electrons. The van der Waals surface area contributed by atoms with Crippen molar-refractivity contribution in [2.24, 2.45) is 5.73 Å². The zero-order chi connectivity index (χ0) is 6.69. The van der Waals surface area contributed by atoms with E-state index in [1.165, 1.54) is 0 Å². The van der Waals surface area contributed by atoms with Gasteiger partial charge in [-0.3, -0.25) is 5.32 Å². The van der Waals surface area contributed by atoms with Crippen LogP contribution in [0.1, 0.15) is 0 Å². The van der Waals surface area contributed by atoms with Gasteiger partial charge in [0, 0.05) is 13.1 Å². The van der Waals surface area contributed by atoms with Gasteiger partial charge in [-0.15, -0.1) is 0 Å². The molecule has 2 unspecified atom stereocenters. The van der Waals surface area contributed by atoms with Gasteiger partial charge in [0.05, 0.1) is 6.61 Å². The lowest BCUT2D eigenvalue weighted by Gasteiger charge is -1.93. The fourth-order valence-corrected chi connectivity index (χ4v) is 0.708. The van der Waals surface area contributed by atoms with E-state index in [0.717, 1.165) is 0 Å². The van der Waals surface area contributed by atoms with Crippen LogP contribution in [0.15, 0.2) is 0 Å². The van der Waals surface area contributed by atoms with Crippen molar-refractivity contribution >= 4 is 0 Å². The Hall–Kier alpha value is -0.160. The molecule has 54 valence electrons. The van der Waals surface area contributed by atoms with Gasteiger partial charge >= 0.3 is 0 Å². The summed E-state index contributed by atoms with van der Waals surface area (Å²) in [5.41, 5.74) is 5.27. The summed E-state index contributed by atoms with van der Waals surface area (Å²) in [7, 11) is 0. The fourth-order valence-electron chi connectivity index (χ4n) is 0.708. The molecule has 1 rings (SSSR count). The lowest BCUT2D eigenvalue weighted by molar-refractivity contribution is 0.274. The summed E-state index contributed by atoms with van der Waals surface area (Å²) in [4.78, 5) is 0. The zero-order valence-corrected chi connectivity index (χ0v) is 5.21. The Bertz CT molecular complexity index is 89.0. The van der Waals surface area contributed by atoms with Gasteiger partial charge in [-0.05, 0) is 0 Å². The van der Waals surface area contributed by atoms with Crippen LogP contribution in [0.25, 0.3) is 0 Å². The third-order valence-corrected chi connectivity index (χ3v) is 1.27. The van der Waals surface area contributed by atoms with E-state index in [2.05, 4.69) is 5.32 Å². The topological polar surface area (TPSA) is 70.8 Å². The van der Waals surface area contributed by atoms with Gasteiger partial charge in [-0.25, -0.2) is 0 Å². The minimum Gasteiger partial charge on any atom is -0.395 e. The van der Waals surface area contributed by atoms with E-state index in [-0.39, 0.29) is 18.9 Å².